The van der Waals surface area contributed by atoms with Crippen LogP contribution >= 0.6 is 0 Å². The molecule has 0 saturated heterocycles. The number of unbranched alkanes of at least 4 members (excludes halogenated alkanes) is 3. The number of nitrogens with zero attached hydrogens (tertiary/aromatic N) is 1. The van der Waals surface area contributed by atoms with Gasteiger partial charge in [0.15, 0.2) is 0 Å². The first-order valence-corrected chi connectivity index (χ1v) is 14.3. The Morgan fingerprint density at radius 1 is 0.950 bits per heavy atom. The van der Waals surface area contributed by atoms with Gasteiger partial charge in [0.25, 0.3) is 0 Å². The minimum atomic E-state index is -1.09. The number of ether oxygens (including phenoxy) is 1. The van der Waals surface area contributed by atoms with Crippen molar-refractivity contribution in [2.45, 2.75) is 104 Å². The summed E-state index contributed by atoms with van der Waals surface area (Å²) >= 11 is 0. The molecule has 0 bridgehead atoms. The second-order valence-corrected chi connectivity index (χ2v) is 11.6. The van der Waals surface area contributed by atoms with E-state index in [0.29, 0.717) is 17.5 Å². The van der Waals surface area contributed by atoms with Gasteiger partial charge in [0, 0.05) is 24.6 Å². The van der Waals surface area contributed by atoms with Gasteiger partial charge in [0.1, 0.15) is 23.4 Å². The van der Waals surface area contributed by atoms with Gasteiger partial charge in [-0.3, -0.25) is 9.59 Å². The van der Waals surface area contributed by atoms with E-state index in [9.17, 15) is 19.5 Å². The van der Waals surface area contributed by atoms with Crippen LogP contribution in [0.2, 0.25) is 0 Å². The molecule has 220 valence electrons. The van der Waals surface area contributed by atoms with Crippen molar-refractivity contribution < 1.29 is 24.2 Å². The Morgan fingerprint density at radius 2 is 1.62 bits per heavy atom. The average molecular weight is 554 g/mol. The monoisotopic (exact) mass is 553 g/mol. The first-order chi connectivity index (χ1) is 18.8. The lowest BCUT2D eigenvalue weighted by Gasteiger charge is -2.35. The van der Waals surface area contributed by atoms with Gasteiger partial charge in [0.05, 0.1) is 0 Å². The maximum atomic E-state index is 14.4. The van der Waals surface area contributed by atoms with Crippen LogP contribution in [0.3, 0.4) is 0 Å². The fourth-order valence-electron chi connectivity index (χ4n) is 4.49. The van der Waals surface area contributed by atoms with E-state index in [-0.39, 0.29) is 24.8 Å². The zero-order valence-electron chi connectivity index (χ0n) is 25.1. The average Bonchev–Trinajstić information content (AvgIpc) is 2.86. The lowest BCUT2D eigenvalue weighted by Crippen LogP contribution is -2.54. The highest BCUT2D eigenvalue weighted by atomic mass is 16.6. The number of para-hydroxylation sites is 1. The lowest BCUT2D eigenvalue weighted by molar-refractivity contribution is -0.142. The Kier molecular flexibility index (Phi) is 12.5. The number of rotatable bonds is 13. The van der Waals surface area contributed by atoms with Gasteiger partial charge in [-0.2, -0.15) is 0 Å². The highest BCUT2D eigenvalue weighted by molar-refractivity contribution is 5.93. The number of amides is 3. The summed E-state index contributed by atoms with van der Waals surface area (Å²) in [6, 6.07) is 12.3. The van der Waals surface area contributed by atoms with Crippen molar-refractivity contribution in [1.29, 1.82) is 0 Å². The molecule has 0 saturated carbocycles. The van der Waals surface area contributed by atoms with Crippen molar-refractivity contribution in [3.63, 3.8) is 0 Å². The molecule has 0 heterocycles. The van der Waals surface area contributed by atoms with Crippen LogP contribution in [0.15, 0.2) is 48.5 Å². The predicted octanol–water partition coefficient (Wildman–Crippen LogP) is 5.81. The largest absolute Gasteiger partial charge is 0.507 e. The summed E-state index contributed by atoms with van der Waals surface area (Å²) < 4.78 is 5.49. The topological polar surface area (TPSA) is 108 Å². The summed E-state index contributed by atoms with van der Waals surface area (Å²) in [6.45, 7) is 13.1. The Balaban J connectivity index is 2.59. The van der Waals surface area contributed by atoms with E-state index < -0.39 is 35.6 Å². The zero-order chi connectivity index (χ0) is 29.9. The first kappa shape index (κ1) is 32.7. The number of hydrogen-bond donors (Lipinski definition) is 3. The third-order valence-corrected chi connectivity index (χ3v) is 6.36. The van der Waals surface area contributed by atoms with Crippen molar-refractivity contribution in [1.82, 2.24) is 15.5 Å². The van der Waals surface area contributed by atoms with Crippen LogP contribution in [-0.4, -0.2) is 52.1 Å². The molecule has 0 spiro atoms. The van der Waals surface area contributed by atoms with Gasteiger partial charge < -0.3 is 25.4 Å². The number of hydrogen-bond acceptors (Lipinski definition) is 5. The summed E-state index contributed by atoms with van der Waals surface area (Å²) in [5.74, 6) is -0.844. The minimum absolute atomic E-state index is 0.0301. The molecular formula is C32H47N3O5. The van der Waals surface area contributed by atoms with Gasteiger partial charge >= 0.3 is 6.09 Å². The number of aryl methyl sites for hydroxylation is 1. The summed E-state index contributed by atoms with van der Waals surface area (Å²) in [4.78, 5) is 42.5. The molecule has 2 aromatic carbocycles. The van der Waals surface area contributed by atoms with Crippen molar-refractivity contribution >= 4 is 17.9 Å². The Bertz CT molecular complexity index is 1110. The quantitative estimate of drug-likeness (QED) is 0.271. The maximum absolute atomic E-state index is 14.4. The zero-order valence-corrected chi connectivity index (χ0v) is 25.1. The number of phenolic OH excluding ortho intramolecular Hbond substituents is 1. The second kappa shape index (κ2) is 15.3. The maximum Gasteiger partial charge on any atom is 0.408 e. The molecule has 8 nitrogen and oxygen atoms in total. The van der Waals surface area contributed by atoms with Crippen LogP contribution < -0.4 is 10.6 Å². The minimum Gasteiger partial charge on any atom is -0.507 e. The molecular weight excluding hydrogens is 506 g/mol. The Labute approximate surface area is 239 Å². The number of alkyl carbamates (subject to hydrolysis) is 1. The molecule has 8 heteroatoms. The van der Waals surface area contributed by atoms with Gasteiger partial charge in [-0.15, -0.1) is 0 Å². The highest BCUT2D eigenvalue weighted by Crippen LogP contribution is 2.33. The number of carbonyl (C=O) groups is 3. The summed E-state index contributed by atoms with van der Waals surface area (Å²) in [7, 11) is 0. The fourth-order valence-corrected chi connectivity index (χ4v) is 4.49. The molecule has 0 fully saturated rings. The molecule has 2 unspecified atom stereocenters. The first-order valence-electron chi connectivity index (χ1n) is 14.3. The van der Waals surface area contributed by atoms with Gasteiger partial charge in [0.2, 0.25) is 11.8 Å². The van der Waals surface area contributed by atoms with Crippen molar-refractivity contribution in [3.8, 4) is 5.75 Å². The molecule has 2 atom stereocenters. The molecule has 0 aliphatic rings. The molecule has 3 N–H and O–H groups in total. The molecule has 3 amide bonds. The normalized spacial score (nSPS) is 12.9. The predicted molar refractivity (Wildman–Crippen MR) is 158 cm³/mol. The molecule has 2 rings (SSSR count). The number of aromatic hydroxyl groups is 1. The number of phenols is 1. The summed E-state index contributed by atoms with van der Waals surface area (Å²) in [5, 5.41) is 16.7. The highest BCUT2D eigenvalue weighted by Gasteiger charge is 2.37. The summed E-state index contributed by atoms with van der Waals surface area (Å²) in [5.41, 5.74) is 1.05. The van der Waals surface area contributed by atoms with E-state index >= 15 is 0 Å². The van der Waals surface area contributed by atoms with E-state index in [1.54, 1.807) is 45.9 Å². The van der Waals surface area contributed by atoms with Crippen LogP contribution in [0.4, 0.5) is 4.79 Å². The van der Waals surface area contributed by atoms with E-state index in [2.05, 4.69) is 17.6 Å². The van der Waals surface area contributed by atoms with Crippen molar-refractivity contribution in [2.75, 3.05) is 6.54 Å². The second-order valence-electron chi connectivity index (χ2n) is 11.6. The molecule has 40 heavy (non-hydrogen) atoms. The Hall–Kier alpha value is -3.55. The van der Waals surface area contributed by atoms with Crippen molar-refractivity contribution in [2.24, 2.45) is 0 Å². The number of nitrogens with one attached hydrogen (secondary N) is 2. The van der Waals surface area contributed by atoms with E-state index in [0.717, 1.165) is 24.8 Å². The fraction of sp³-hybridized carbons (Fsp3) is 0.531. The van der Waals surface area contributed by atoms with Crippen LogP contribution in [-0.2, 0) is 20.7 Å². The van der Waals surface area contributed by atoms with E-state index in [4.69, 9.17) is 4.74 Å². The van der Waals surface area contributed by atoms with E-state index in [1.165, 1.54) is 4.90 Å². The van der Waals surface area contributed by atoms with Gasteiger partial charge in [-0.05, 0) is 59.1 Å². The van der Waals surface area contributed by atoms with E-state index in [1.807, 2.05) is 44.2 Å². The van der Waals surface area contributed by atoms with Crippen molar-refractivity contribution in [3.05, 3.63) is 65.2 Å². The smallest absolute Gasteiger partial charge is 0.408 e. The van der Waals surface area contributed by atoms with Crippen LogP contribution in [0, 0.1) is 6.92 Å². The Morgan fingerprint density at radius 3 is 2.23 bits per heavy atom. The molecule has 0 aromatic heterocycles. The van der Waals surface area contributed by atoms with Crippen LogP contribution in [0.5, 0.6) is 5.75 Å². The molecule has 2 aromatic rings. The molecule has 0 aliphatic carbocycles. The third-order valence-electron chi connectivity index (χ3n) is 6.36. The van der Waals surface area contributed by atoms with Gasteiger partial charge in [-0.1, -0.05) is 74.7 Å². The summed E-state index contributed by atoms with van der Waals surface area (Å²) in [6.07, 6.45) is 3.05. The SMILES string of the molecule is CCCCCCN(C(=O)C(Cc1ccccc1)NC(=O)OC(C)(C)C)C(C(=O)NC(C)C)c1cccc(C)c1O. The molecule has 0 radical (unpaired) electrons. The molecule has 0 aliphatic heterocycles. The third kappa shape index (κ3) is 10.2. The lowest BCUT2D eigenvalue weighted by atomic mass is 9.97. The number of benzene rings is 2. The van der Waals surface area contributed by atoms with Crippen LogP contribution in [0.25, 0.3) is 0 Å². The number of carbonyl (C=O) groups excluding carboxylic acids is 3. The van der Waals surface area contributed by atoms with Gasteiger partial charge in [-0.25, -0.2) is 4.79 Å². The standard InChI is InChI=1S/C32H47N3O5/c1-8-9-10-14-20-35(27(29(37)33-22(2)3)25-19-15-16-23(4)28(25)36)30(38)26(21-24-17-12-11-13-18-24)34-31(39)40-32(5,6)7/h11-13,15-19,22,26-27,36H,8-10,14,20-21H2,1-7H3,(H,33,37)(H,34,39). The van der Waals surface area contributed by atoms with Crippen LogP contribution in [0.1, 0.15) is 90.0 Å².